The van der Waals surface area contributed by atoms with Crippen LogP contribution in [0.1, 0.15) is 33.6 Å². The molecule has 0 bridgehead atoms. The van der Waals surface area contributed by atoms with E-state index in [0.29, 0.717) is 25.9 Å². The summed E-state index contributed by atoms with van der Waals surface area (Å²) in [7, 11) is 0. The fourth-order valence-corrected chi connectivity index (χ4v) is 2.35. The fourth-order valence-electron chi connectivity index (χ4n) is 2.12. The Labute approximate surface area is 113 Å². The maximum Gasteiger partial charge on any atom is 0.235 e. The predicted octanol–water partition coefficient (Wildman–Crippen LogP) is 0.413. The molecule has 4 N–H and O–H groups in total. The summed E-state index contributed by atoms with van der Waals surface area (Å²) in [5.41, 5.74) is 9.56. The minimum Gasteiger partial charge on any atom is -0.392 e. The number of carbonyl (C=O) groups is 2. The third kappa shape index (κ3) is 2.34. The molecule has 1 aliphatic rings. The Balaban J connectivity index is 2.89. The quantitative estimate of drug-likeness (QED) is 0.725. The number of hydrogen-bond donors (Lipinski definition) is 2. The zero-order valence-electron chi connectivity index (χ0n) is 11.2. The van der Waals surface area contributed by atoms with Crippen LogP contribution >= 0.6 is 12.2 Å². The standard InChI is InChI=1S/C12H21N3O2S/c1-4-12(3,9(14)18)10(17)15-6-5-11(2,7-15)8(13)16/h4-7H2,1-3H3,(H2,13,16)(H2,14,18). The SMILES string of the molecule is CCC(C)(C(=O)N1CCC(C)(C(N)=O)C1)C(N)=S. The van der Waals surface area contributed by atoms with Crippen molar-refractivity contribution in [3.8, 4) is 0 Å². The van der Waals surface area contributed by atoms with E-state index in [-0.39, 0.29) is 16.8 Å². The van der Waals surface area contributed by atoms with Gasteiger partial charge in [0.15, 0.2) is 0 Å². The van der Waals surface area contributed by atoms with Crippen LogP contribution in [-0.4, -0.2) is 34.8 Å². The summed E-state index contributed by atoms with van der Waals surface area (Å²) in [5.74, 6) is -0.478. The van der Waals surface area contributed by atoms with Crippen LogP contribution in [0.2, 0.25) is 0 Å². The Bertz CT molecular complexity index is 399. The van der Waals surface area contributed by atoms with Gasteiger partial charge in [-0.3, -0.25) is 9.59 Å². The lowest BCUT2D eigenvalue weighted by Gasteiger charge is -2.31. The molecule has 1 rings (SSSR count). The molecule has 5 nitrogen and oxygen atoms in total. The van der Waals surface area contributed by atoms with E-state index >= 15 is 0 Å². The highest BCUT2D eigenvalue weighted by molar-refractivity contribution is 7.80. The van der Waals surface area contributed by atoms with Crippen LogP contribution in [0, 0.1) is 10.8 Å². The minimum absolute atomic E-state index is 0.109. The lowest BCUT2D eigenvalue weighted by molar-refractivity contribution is -0.137. The van der Waals surface area contributed by atoms with Gasteiger partial charge in [-0.25, -0.2) is 0 Å². The molecule has 0 aromatic rings. The summed E-state index contributed by atoms with van der Waals surface area (Å²) in [4.78, 5) is 25.7. The molecule has 0 aromatic heterocycles. The molecule has 0 aromatic carbocycles. The van der Waals surface area contributed by atoms with Crippen LogP contribution < -0.4 is 11.5 Å². The van der Waals surface area contributed by atoms with Crippen LogP contribution in [0.5, 0.6) is 0 Å². The lowest BCUT2D eigenvalue weighted by Crippen LogP contribution is -2.49. The molecule has 0 radical (unpaired) electrons. The van der Waals surface area contributed by atoms with E-state index in [1.165, 1.54) is 0 Å². The van der Waals surface area contributed by atoms with E-state index in [4.69, 9.17) is 23.7 Å². The Kier molecular flexibility index (Phi) is 4.00. The smallest absolute Gasteiger partial charge is 0.235 e. The third-order valence-corrected chi connectivity index (χ3v) is 4.53. The van der Waals surface area contributed by atoms with E-state index in [1.807, 2.05) is 6.92 Å². The average Bonchev–Trinajstić information content (AvgIpc) is 2.71. The number of rotatable bonds is 4. The minimum atomic E-state index is -0.835. The predicted molar refractivity (Wildman–Crippen MR) is 73.7 cm³/mol. The van der Waals surface area contributed by atoms with E-state index in [2.05, 4.69) is 0 Å². The van der Waals surface area contributed by atoms with Gasteiger partial charge in [0.25, 0.3) is 0 Å². The molecule has 0 spiro atoms. The normalized spacial score (nSPS) is 26.7. The first kappa shape index (κ1) is 14.9. The maximum absolute atomic E-state index is 12.5. The summed E-state index contributed by atoms with van der Waals surface area (Å²) in [6.45, 7) is 6.28. The highest BCUT2D eigenvalue weighted by Crippen LogP contribution is 2.33. The average molecular weight is 271 g/mol. The van der Waals surface area contributed by atoms with Crippen LogP contribution in [-0.2, 0) is 9.59 Å². The van der Waals surface area contributed by atoms with E-state index < -0.39 is 10.8 Å². The Hall–Kier alpha value is -1.17. The van der Waals surface area contributed by atoms with E-state index in [0.717, 1.165) is 0 Å². The zero-order valence-corrected chi connectivity index (χ0v) is 12.0. The first-order chi connectivity index (χ1) is 8.17. The molecule has 1 heterocycles. The van der Waals surface area contributed by atoms with Crippen molar-refractivity contribution in [1.82, 2.24) is 4.90 Å². The monoisotopic (exact) mass is 271 g/mol. The Morgan fingerprint density at radius 3 is 2.33 bits per heavy atom. The van der Waals surface area contributed by atoms with Crippen molar-refractivity contribution in [3.05, 3.63) is 0 Å². The first-order valence-corrected chi connectivity index (χ1v) is 6.47. The summed E-state index contributed by atoms with van der Waals surface area (Å²) >= 11 is 4.99. The number of likely N-dealkylation sites (tertiary alicyclic amines) is 1. The van der Waals surface area contributed by atoms with Crippen molar-refractivity contribution < 1.29 is 9.59 Å². The topological polar surface area (TPSA) is 89.4 Å². The van der Waals surface area contributed by atoms with Gasteiger partial charge in [0, 0.05) is 13.1 Å². The van der Waals surface area contributed by atoms with Gasteiger partial charge in [-0.05, 0) is 26.7 Å². The molecule has 18 heavy (non-hydrogen) atoms. The largest absolute Gasteiger partial charge is 0.392 e. The fraction of sp³-hybridized carbons (Fsp3) is 0.750. The second-order valence-corrected chi connectivity index (χ2v) is 5.89. The zero-order chi connectivity index (χ0) is 14.1. The van der Waals surface area contributed by atoms with Gasteiger partial charge < -0.3 is 16.4 Å². The molecule has 102 valence electrons. The van der Waals surface area contributed by atoms with Gasteiger partial charge in [0.1, 0.15) is 0 Å². The van der Waals surface area contributed by atoms with Gasteiger partial charge in [-0.15, -0.1) is 0 Å². The highest BCUT2D eigenvalue weighted by atomic mass is 32.1. The van der Waals surface area contributed by atoms with Crippen LogP contribution in [0.4, 0.5) is 0 Å². The van der Waals surface area contributed by atoms with E-state index in [9.17, 15) is 9.59 Å². The van der Waals surface area contributed by atoms with Crippen molar-refractivity contribution in [2.75, 3.05) is 13.1 Å². The van der Waals surface area contributed by atoms with Crippen LogP contribution in [0.3, 0.4) is 0 Å². The molecule has 1 saturated heterocycles. The molecule has 0 aliphatic carbocycles. The van der Waals surface area contributed by atoms with Crippen molar-refractivity contribution >= 4 is 29.0 Å². The second-order valence-electron chi connectivity index (χ2n) is 5.45. The number of nitrogens with two attached hydrogens (primary N) is 2. The summed E-state index contributed by atoms with van der Waals surface area (Å²) in [6.07, 6.45) is 1.14. The van der Waals surface area contributed by atoms with Crippen molar-refractivity contribution in [3.63, 3.8) is 0 Å². The van der Waals surface area contributed by atoms with Crippen molar-refractivity contribution in [2.24, 2.45) is 22.3 Å². The Morgan fingerprint density at radius 2 is 2.00 bits per heavy atom. The molecule has 1 aliphatic heterocycles. The number of thiocarbonyl (C=S) groups is 1. The second kappa shape index (κ2) is 4.84. The summed E-state index contributed by atoms with van der Waals surface area (Å²) in [6, 6.07) is 0. The molecule has 0 saturated carbocycles. The Morgan fingerprint density at radius 1 is 1.44 bits per heavy atom. The lowest BCUT2D eigenvalue weighted by atomic mass is 9.85. The number of primary amides is 1. The van der Waals surface area contributed by atoms with Gasteiger partial charge in [-0.2, -0.15) is 0 Å². The van der Waals surface area contributed by atoms with E-state index in [1.54, 1.807) is 18.7 Å². The van der Waals surface area contributed by atoms with Gasteiger partial charge in [-0.1, -0.05) is 19.1 Å². The van der Waals surface area contributed by atoms with Gasteiger partial charge in [0.05, 0.1) is 15.8 Å². The van der Waals surface area contributed by atoms with Crippen molar-refractivity contribution in [1.29, 1.82) is 0 Å². The van der Waals surface area contributed by atoms with Crippen LogP contribution in [0.15, 0.2) is 0 Å². The number of hydrogen-bond acceptors (Lipinski definition) is 3. The molecule has 6 heteroatoms. The van der Waals surface area contributed by atoms with Crippen LogP contribution in [0.25, 0.3) is 0 Å². The number of nitrogens with zero attached hydrogens (tertiary/aromatic N) is 1. The highest BCUT2D eigenvalue weighted by Gasteiger charge is 2.45. The molecule has 1 fully saturated rings. The molecular weight excluding hydrogens is 250 g/mol. The van der Waals surface area contributed by atoms with Crippen molar-refractivity contribution in [2.45, 2.75) is 33.6 Å². The maximum atomic E-state index is 12.5. The summed E-state index contributed by atoms with van der Waals surface area (Å²) < 4.78 is 0. The number of amides is 2. The summed E-state index contributed by atoms with van der Waals surface area (Å²) in [5, 5.41) is 0. The van der Waals surface area contributed by atoms with Gasteiger partial charge >= 0.3 is 0 Å². The molecule has 2 unspecified atom stereocenters. The molecule has 2 amide bonds. The first-order valence-electron chi connectivity index (χ1n) is 6.06. The number of carbonyl (C=O) groups excluding carboxylic acids is 2. The third-order valence-electron chi connectivity index (χ3n) is 4.08. The molecular formula is C12H21N3O2S. The van der Waals surface area contributed by atoms with Gasteiger partial charge in [0.2, 0.25) is 11.8 Å². The molecule has 2 atom stereocenters.